The fourth-order valence-corrected chi connectivity index (χ4v) is 3.45. The van der Waals surface area contributed by atoms with Crippen LogP contribution in [-0.4, -0.2) is 48.3 Å². The van der Waals surface area contributed by atoms with Gasteiger partial charge in [-0.1, -0.05) is 42.5 Å². The van der Waals surface area contributed by atoms with Crippen LogP contribution >= 0.6 is 0 Å². The van der Waals surface area contributed by atoms with Crippen LogP contribution in [0.15, 0.2) is 54.6 Å². The Bertz CT molecular complexity index is 806. The third-order valence-electron chi connectivity index (χ3n) is 5.23. The number of methoxy groups -OCH3 is 1. The van der Waals surface area contributed by atoms with Crippen LogP contribution in [0.3, 0.4) is 0 Å². The van der Waals surface area contributed by atoms with Crippen LogP contribution in [0.4, 0.5) is 0 Å². The summed E-state index contributed by atoms with van der Waals surface area (Å²) in [5.41, 5.74) is 0.701. The zero-order chi connectivity index (χ0) is 21.3. The summed E-state index contributed by atoms with van der Waals surface area (Å²) < 4.78 is 5.26. The Morgan fingerprint density at radius 1 is 1.07 bits per heavy atom. The summed E-state index contributed by atoms with van der Waals surface area (Å²) in [6, 6.07) is 16.5. The topological polar surface area (TPSA) is 95.9 Å². The Hall–Kier alpha value is -2.70. The zero-order valence-corrected chi connectivity index (χ0v) is 16.9. The predicted octanol–water partition coefficient (Wildman–Crippen LogP) is 2.48. The highest BCUT2D eigenvalue weighted by atomic mass is 16.5. The van der Waals surface area contributed by atoms with Crippen LogP contribution in [0.5, 0.6) is 5.75 Å². The van der Waals surface area contributed by atoms with E-state index in [4.69, 9.17) is 4.74 Å². The molecule has 156 valence electrons. The lowest BCUT2D eigenvalue weighted by Crippen LogP contribution is -2.42. The number of aliphatic hydroxyl groups excluding tert-OH is 2. The lowest BCUT2D eigenvalue weighted by atomic mass is 9.73. The quantitative estimate of drug-likeness (QED) is 0.539. The fourth-order valence-electron chi connectivity index (χ4n) is 3.45. The molecule has 0 saturated carbocycles. The van der Waals surface area contributed by atoms with E-state index < -0.39 is 11.5 Å². The van der Waals surface area contributed by atoms with Crippen LogP contribution in [0.1, 0.15) is 42.1 Å². The fraction of sp³-hybridized carbons (Fsp3) is 0.391. The van der Waals surface area contributed by atoms with Crippen molar-refractivity contribution in [1.29, 1.82) is 0 Å². The lowest BCUT2D eigenvalue weighted by molar-refractivity contribution is -0.126. The largest absolute Gasteiger partial charge is 0.496 e. The number of ether oxygens (including phenoxy) is 1. The molecule has 6 nitrogen and oxygen atoms in total. The minimum atomic E-state index is -1.04. The number of hydrogen-bond acceptors (Lipinski definition) is 5. The molecule has 1 amide bonds. The number of carbonyl (C=O) groups excluding carboxylic acids is 2. The number of para-hydroxylation sites is 1. The van der Waals surface area contributed by atoms with Crippen molar-refractivity contribution >= 4 is 11.7 Å². The summed E-state index contributed by atoms with van der Waals surface area (Å²) in [4.78, 5) is 24.8. The van der Waals surface area contributed by atoms with Gasteiger partial charge in [0.2, 0.25) is 0 Å². The highest BCUT2D eigenvalue weighted by Gasteiger charge is 2.33. The summed E-state index contributed by atoms with van der Waals surface area (Å²) in [6.45, 7) is 1.59. The maximum atomic E-state index is 12.8. The number of Topliss-reactive ketones (excluding diaryl/α,β-unsaturated/α-hetero) is 1. The van der Waals surface area contributed by atoms with E-state index in [9.17, 15) is 19.8 Å². The summed E-state index contributed by atoms with van der Waals surface area (Å²) in [7, 11) is 1.51. The number of ketones is 1. The molecule has 2 atom stereocenters. The molecular formula is C23H29NO5. The molecule has 2 aromatic rings. The number of aliphatic hydroxyl groups is 2. The van der Waals surface area contributed by atoms with E-state index in [2.05, 4.69) is 5.32 Å². The number of carbonyl (C=O) groups is 2. The summed E-state index contributed by atoms with van der Waals surface area (Å²) in [5.74, 6) is -0.0800. The van der Waals surface area contributed by atoms with E-state index in [1.165, 1.54) is 14.0 Å². The van der Waals surface area contributed by atoms with Gasteiger partial charge in [0.15, 0.2) is 5.78 Å². The maximum Gasteiger partial charge on any atom is 0.255 e. The molecule has 0 aliphatic heterocycles. The third kappa shape index (κ3) is 5.89. The second-order valence-electron chi connectivity index (χ2n) is 7.15. The molecule has 2 unspecified atom stereocenters. The molecule has 0 fully saturated rings. The van der Waals surface area contributed by atoms with Crippen LogP contribution in [0, 0.1) is 0 Å². The van der Waals surface area contributed by atoms with E-state index in [1.807, 2.05) is 30.3 Å². The molecule has 2 rings (SSSR count). The highest BCUT2D eigenvalue weighted by molar-refractivity contribution is 5.97. The second kappa shape index (κ2) is 10.7. The number of benzene rings is 2. The van der Waals surface area contributed by atoms with Crippen LogP contribution in [0.25, 0.3) is 0 Å². The normalized spacial score (nSPS) is 13.9. The summed E-state index contributed by atoms with van der Waals surface area (Å²) in [6.07, 6.45) is -0.123. The van der Waals surface area contributed by atoms with Crippen molar-refractivity contribution in [2.75, 3.05) is 20.3 Å². The van der Waals surface area contributed by atoms with Gasteiger partial charge in [-0.2, -0.15) is 0 Å². The molecule has 6 heteroatoms. The van der Waals surface area contributed by atoms with Crippen molar-refractivity contribution in [1.82, 2.24) is 5.32 Å². The Balaban J connectivity index is 2.28. The molecule has 0 bridgehead atoms. The van der Waals surface area contributed by atoms with Crippen molar-refractivity contribution in [3.63, 3.8) is 0 Å². The zero-order valence-electron chi connectivity index (χ0n) is 16.9. The van der Waals surface area contributed by atoms with Gasteiger partial charge in [-0.15, -0.1) is 0 Å². The highest BCUT2D eigenvalue weighted by Crippen LogP contribution is 2.33. The number of amides is 1. The predicted molar refractivity (Wildman–Crippen MR) is 111 cm³/mol. The SMILES string of the molecule is COc1ccccc1C(=O)NCC(CCO)(CCC(=O)C(C)O)c1ccccc1. The van der Waals surface area contributed by atoms with Crippen LogP contribution < -0.4 is 10.1 Å². The molecule has 0 spiro atoms. The Kier molecular flexibility index (Phi) is 8.36. The third-order valence-corrected chi connectivity index (χ3v) is 5.23. The molecule has 29 heavy (non-hydrogen) atoms. The molecule has 0 aliphatic rings. The van der Waals surface area contributed by atoms with Crippen molar-refractivity contribution in [2.24, 2.45) is 0 Å². The first-order valence-corrected chi connectivity index (χ1v) is 9.72. The maximum absolute atomic E-state index is 12.8. The molecule has 2 aromatic carbocycles. The number of rotatable bonds is 11. The minimum Gasteiger partial charge on any atom is -0.496 e. The molecular weight excluding hydrogens is 370 g/mol. The Labute approximate surface area is 171 Å². The average Bonchev–Trinajstić information content (AvgIpc) is 2.75. The molecule has 0 aliphatic carbocycles. The van der Waals surface area contributed by atoms with Gasteiger partial charge >= 0.3 is 0 Å². The first-order valence-electron chi connectivity index (χ1n) is 9.72. The lowest BCUT2D eigenvalue weighted by Gasteiger charge is -2.34. The van der Waals surface area contributed by atoms with Gasteiger partial charge in [0, 0.05) is 25.0 Å². The average molecular weight is 399 g/mol. The number of hydrogen-bond donors (Lipinski definition) is 3. The Morgan fingerprint density at radius 2 is 1.72 bits per heavy atom. The summed E-state index contributed by atoms with van der Waals surface area (Å²) >= 11 is 0. The van der Waals surface area contributed by atoms with Gasteiger partial charge in [0.05, 0.1) is 12.7 Å². The molecule has 0 heterocycles. The molecule has 0 aromatic heterocycles. The van der Waals surface area contributed by atoms with Gasteiger partial charge in [0.25, 0.3) is 5.91 Å². The molecule has 0 radical (unpaired) electrons. The smallest absolute Gasteiger partial charge is 0.255 e. The Morgan fingerprint density at radius 3 is 2.34 bits per heavy atom. The van der Waals surface area contributed by atoms with E-state index in [0.29, 0.717) is 24.2 Å². The molecule has 3 N–H and O–H groups in total. The number of nitrogens with one attached hydrogen (secondary N) is 1. The van der Waals surface area contributed by atoms with Gasteiger partial charge in [-0.3, -0.25) is 9.59 Å². The van der Waals surface area contributed by atoms with Crippen LogP contribution in [-0.2, 0) is 10.2 Å². The first kappa shape index (κ1) is 22.6. The van der Waals surface area contributed by atoms with Crippen molar-refractivity contribution in [3.05, 3.63) is 65.7 Å². The van der Waals surface area contributed by atoms with E-state index in [1.54, 1.807) is 24.3 Å². The van der Waals surface area contributed by atoms with Crippen molar-refractivity contribution in [3.8, 4) is 5.75 Å². The standard InChI is InChI=1S/C23H29NO5/c1-17(26)20(27)12-13-23(14-15-25,18-8-4-3-5-9-18)16-24-22(28)19-10-6-7-11-21(19)29-2/h3-11,17,25-26H,12-16H2,1-2H3,(H,24,28). The second-order valence-corrected chi connectivity index (χ2v) is 7.15. The first-order chi connectivity index (χ1) is 13.9. The molecule has 0 saturated heterocycles. The van der Waals surface area contributed by atoms with E-state index >= 15 is 0 Å². The van der Waals surface area contributed by atoms with Gasteiger partial charge in [0.1, 0.15) is 11.9 Å². The van der Waals surface area contributed by atoms with Gasteiger partial charge in [-0.05, 0) is 37.5 Å². The van der Waals surface area contributed by atoms with E-state index in [0.717, 1.165) is 5.56 Å². The van der Waals surface area contributed by atoms with Crippen molar-refractivity contribution < 1.29 is 24.5 Å². The minimum absolute atomic E-state index is 0.0949. The summed E-state index contributed by atoms with van der Waals surface area (Å²) in [5, 5.41) is 22.2. The van der Waals surface area contributed by atoms with Crippen molar-refractivity contribution in [2.45, 2.75) is 37.7 Å². The monoisotopic (exact) mass is 399 g/mol. The van der Waals surface area contributed by atoms with Crippen LogP contribution in [0.2, 0.25) is 0 Å². The van der Waals surface area contributed by atoms with Gasteiger partial charge in [-0.25, -0.2) is 0 Å². The van der Waals surface area contributed by atoms with E-state index in [-0.39, 0.29) is 31.3 Å². The van der Waals surface area contributed by atoms with Gasteiger partial charge < -0.3 is 20.3 Å².